The maximum absolute atomic E-state index is 4.67. The molecule has 0 fully saturated rings. The molecule has 5 rings (SSSR count). The first-order valence-corrected chi connectivity index (χ1v) is 8.16. The maximum Gasteiger partial charge on any atom is 0.145 e. The molecule has 114 valence electrons. The fourth-order valence-corrected chi connectivity index (χ4v) is 3.54. The van der Waals surface area contributed by atoms with Gasteiger partial charge in [0.1, 0.15) is 5.65 Å². The van der Waals surface area contributed by atoms with Crippen LogP contribution in [0.15, 0.2) is 79.0 Å². The van der Waals surface area contributed by atoms with E-state index in [9.17, 15) is 0 Å². The van der Waals surface area contributed by atoms with Gasteiger partial charge in [0.25, 0.3) is 0 Å². The molecule has 0 atom stereocenters. The van der Waals surface area contributed by atoms with Crippen LogP contribution in [0.4, 0.5) is 0 Å². The third kappa shape index (κ3) is 1.86. The molecule has 3 aromatic carbocycles. The highest BCUT2D eigenvalue weighted by Crippen LogP contribution is 2.32. The van der Waals surface area contributed by atoms with E-state index in [1.807, 2.05) is 12.3 Å². The predicted molar refractivity (Wildman–Crippen MR) is 101 cm³/mol. The average molecular weight is 308 g/mol. The van der Waals surface area contributed by atoms with E-state index < -0.39 is 0 Å². The van der Waals surface area contributed by atoms with E-state index in [2.05, 4.69) is 83.2 Å². The number of aryl methyl sites for hydroxylation is 1. The molecule has 0 aliphatic carbocycles. The average Bonchev–Trinajstić information content (AvgIpc) is 2.95. The molecule has 0 amide bonds. The van der Waals surface area contributed by atoms with Crippen molar-refractivity contribution in [1.82, 2.24) is 9.55 Å². The Kier molecular flexibility index (Phi) is 2.74. The minimum atomic E-state index is 1.01. The summed E-state index contributed by atoms with van der Waals surface area (Å²) in [5, 5.41) is 4.95. The summed E-state index contributed by atoms with van der Waals surface area (Å²) in [6.45, 7) is 2.13. The Bertz CT molecular complexity index is 1210. The number of benzene rings is 3. The van der Waals surface area contributed by atoms with Gasteiger partial charge in [-0.15, -0.1) is 0 Å². The quantitative estimate of drug-likeness (QED) is 0.392. The Morgan fingerprint density at radius 2 is 1.62 bits per heavy atom. The van der Waals surface area contributed by atoms with Gasteiger partial charge in [-0.25, -0.2) is 4.98 Å². The first-order valence-electron chi connectivity index (χ1n) is 8.16. The van der Waals surface area contributed by atoms with Gasteiger partial charge in [0, 0.05) is 22.7 Å². The third-order valence-corrected chi connectivity index (χ3v) is 4.67. The van der Waals surface area contributed by atoms with Gasteiger partial charge in [-0.1, -0.05) is 42.0 Å². The molecule has 0 saturated carbocycles. The van der Waals surface area contributed by atoms with Crippen LogP contribution >= 0.6 is 0 Å². The van der Waals surface area contributed by atoms with Crippen LogP contribution < -0.4 is 0 Å². The molecule has 2 heteroatoms. The van der Waals surface area contributed by atoms with Crippen LogP contribution in [0, 0.1) is 6.92 Å². The molecule has 2 heterocycles. The number of rotatable bonds is 1. The number of nitrogens with zero attached hydrogens (tertiary/aromatic N) is 2. The van der Waals surface area contributed by atoms with Gasteiger partial charge >= 0.3 is 0 Å². The van der Waals surface area contributed by atoms with Gasteiger partial charge < -0.3 is 0 Å². The Morgan fingerprint density at radius 1 is 0.750 bits per heavy atom. The lowest BCUT2D eigenvalue weighted by Gasteiger charge is -2.08. The van der Waals surface area contributed by atoms with Crippen molar-refractivity contribution < 1.29 is 0 Å². The number of fused-ring (bicyclic) bond motifs is 4. The molecule has 0 N–H and O–H groups in total. The molecule has 0 unspecified atom stereocenters. The van der Waals surface area contributed by atoms with Gasteiger partial charge in [0.2, 0.25) is 0 Å². The lowest BCUT2D eigenvalue weighted by atomic mass is 10.1. The molecule has 0 radical (unpaired) electrons. The highest BCUT2D eigenvalue weighted by molar-refractivity contribution is 6.08. The summed E-state index contributed by atoms with van der Waals surface area (Å²) in [6.07, 6.45) is 1.87. The monoisotopic (exact) mass is 308 g/mol. The van der Waals surface area contributed by atoms with Crippen LogP contribution in [0.5, 0.6) is 0 Å². The highest BCUT2D eigenvalue weighted by atomic mass is 15.0. The Morgan fingerprint density at radius 3 is 2.54 bits per heavy atom. The van der Waals surface area contributed by atoms with E-state index in [1.165, 1.54) is 32.6 Å². The molecule has 24 heavy (non-hydrogen) atoms. The van der Waals surface area contributed by atoms with Crippen LogP contribution in [0.25, 0.3) is 38.4 Å². The molecule has 0 bridgehead atoms. The van der Waals surface area contributed by atoms with E-state index in [1.54, 1.807) is 0 Å². The summed E-state index contributed by atoms with van der Waals surface area (Å²) in [5.41, 5.74) is 4.62. The molecule has 0 saturated heterocycles. The van der Waals surface area contributed by atoms with E-state index in [0.717, 1.165) is 11.3 Å². The normalized spacial score (nSPS) is 11.5. The fraction of sp³-hybridized carbons (Fsp3) is 0.0455. The summed E-state index contributed by atoms with van der Waals surface area (Å²) in [5.74, 6) is 0. The number of hydrogen-bond donors (Lipinski definition) is 0. The highest BCUT2D eigenvalue weighted by Gasteiger charge is 2.13. The van der Waals surface area contributed by atoms with E-state index in [4.69, 9.17) is 0 Å². The largest absolute Gasteiger partial charge is 0.294 e. The van der Waals surface area contributed by atoms with Crippen molar-refractivity contribution >= 4 is 32.7 Å². The maximum atomic E-state index is 4.67. The Labute approximate surface area is 140 Å². The predicted octanol–water partition coefficient (Wildman–Crippen LogP) is 5.64. The first kappa shape index (κ1) is 13.3. The van der Waals surface area contributed by atoms with Crippen LogP contribution in [-0.2, 0) is 0 Å². The topological polar surface area (TPSA) is 17.8 Å². The van der Waals surface area contributed by atoms with Crippen molar-refractivity contribution in [2.24, 2.45) is 0 Å². The first-order chi connectivity index (χ1) is 11.8. The van der Waals surface area contributed by atoms with Crippen LogP contribution in [-0.4, -0.2) is 9.55 Å². The molecule has 0 aliphatic heterocycles. The van der Waals surface area contributed by atoms with E-state index in [-0.39, 0.29) is 0 Å². The van der Waals surface area contributed by atoms with E-state index >= 15 is 0 Å². The Hall–Kier alpha value is -3.13. The van der Waals surface area contributed by atoms with Gasteiger partial charge in [0.15, 0.2) is 0 Å². The Balaban J connectivity index is 1.92. The summed E-state index contributed by atoms with van der Waals surface area (Å²) in [7, 11) is 0. The van der Waals surface area contributed by atoms with Crippen molar-refractivity contribution in [3.8, 4) is 5.69 Å². The standard InChI is InChI=1S/C22H16N2/c1-15-8-11-21-20(13-15)19-7-4-12-23-22(19)24(21)18-10-9-16-5-2-3-6-17(16)14-18/h2-14H,1H3. The zero-order chi connectivity index (χ0) is 16.1. The molecule has 0 spiro atoms. The zero-order valence-electron chi connectivity index (χ0n) is 13.4. The van der Waals surface area contributed by atoms with Crippen molar-refractivity contribution in [2.45, 2.75) is 6.92 Å². The van der Waals surface area contributed by atoms with Crippen molar-refractivity contribution in [1.29, 1.82) is 0 Å². The van der Waals surface area contributed by atoms with Gasteiger partial charge in [-0.2, -0.15) is 0 Å². The molecule has 2 aromatic heterocycles. The second-order valence-electron chi connectivity index (χ2n) is 6.26. The van der Waals surface area contributed by atoms with Crippen LogP contribution in [0.1, 0.15) is 5.56 Å². The number of pyridine rings is 1. The molecule has 0 aliphatic rings. The summed E-state index contributed by atoms with van der Waals surface area (Å²) >= 11 is 0. The van der Waals surface area contributed by atoms with Crippen molar-refractivity contribution in [2.75, 3.05) is 0 Å². The lowest BCUT2D eigenvalue weighted by molar-refractivity contribution is 1.14. The van der Waals surface area contributed by atoms with Gasteiger partial charge in [-0.3, -0.25) is 4.57 Å². The van der Waals surface area contributed by atoms with Crippen LogP contribution in [0.3, 0.4) is 0 Å². The molecular formula is C22H16N2. The minimum Gasteiger partial charge on any atom is -0.294 e. The van der Waals surface area contributed by atoms with Crippen LogP contribution in [0.2, 0.25) is 0 Å². The second kappa shape index (κ2) is 4.93. The lowest BCUT2D eigenvalue weighted by Crippen LogP contribution is -1.95. The zero-order valence-corrected chi connectivity index (χ0v) is 13.4. The van der Waals surface area contributed by atoms with Crippen molar-refractivity contribution in [3.05, 3.63) is 84.6 Å². The van der Waals surface area contributed by atoms with Crippen molar-refractivity contribution in [3.63, 3.8) is 0 Å². The number of aromatic nitrogens is 2. The summed E-state index contributed by atoms with van der Waals surface area (Å²) < 4.78 is 2.26. The summed E-state index contributed by atoms with van der Waals surface area (Å²) in [6, 6.07) is 25.8. The SMILES string of the molecule is Cc1ccc2c(c1)c1cccnc1n2-c1ccc2ccccc2c1. The molecule has 5 aromatic rings. The third-order valence-electron chi connectivity index (χ3n) is 4.67. The smallest absolute Gasteiger partial charge is 0.145 e. The van der Waals surface area contributed by atoms with Gasteiger partial charge in [-0.05, 0) is 54.1 Å². The van der Waals surface area contributed by atoms with Gasteiger partial charge in [0.05, 0.1) is 5.52 Å². The molecular weight excluding hydrogens is 292 g/mol. The second-order valence-corrected chi connectivity index (χ2v) is 6.26. The minimum absolute atomic E-state index is 1.01. The molecule has 2 nitrogen and oxygen atoms in total. The summed E-state index contributed by atoms with van der Waals surface area (Å²) in [4.78, 5) is 4.67. The fourth-order valence-electron chi connectivity index (χ4n) is 3.54. The van der Waals surface area contributed by atoms with E-state index in [0.29, 0.717) is 0 Å². The number of hydrogen-bond acceptors (Lipinski definition) is 1.